The molecule has 0 radical (unpaired) electrons. The topological polar surface area (TPSA) is 83.2 Å². The Balaban J connectivity index is 1.32. The third kappa shape index (κ3) is 3.42. The Morgan fingerprint density at radius 1 is 1.17 bits per heavy atom. The highest BCUT2D eigenvalue weighted by Crippen LogP contribution is 2.38. The number of piperazine rings is 1. The molecule has 1 saturated carbocycles. The lowest BCUT2D eigenvalue weighted by Crippen LogP contribution is -2.45. The van der Waals surface area contributed by atoms with Crippen LogP contribution < -0.4 is 10.2 Å². The smallest absolute Gasteiger partial charge is 0.321 e. The van der Waals surface area contributed by atoms with Crippen LogP contribution >= 0.6 is 0 Å². The third-order valence-electron chi connectivity index (χ3n) is 4.31. The summed E-state index contributed by atoms with van der Waals surface area (Å²) in [4.78, 5) is 17.8. The van der Waals surface area contributed by atoms with Crippen molar-refractivity contribution >= 4 is 12.0 Å². The fraction of sp³-hybridized carbons (Fsp3) is 0.600. The van der Waals surface area contributed by atoms with Crippen LogP contribution in [0.5, 0.6) is 0 Å². The predicted molar refractivity (Wildman–Crippen MR) is 85.3 cm³/mol. The van der Waals surface area contributed by atoms with Crippen molar-refractivity contribution in [1.82, 2.24) is 25.0 Å². The van der Waals surface area contributed by atoms with Crippen molar-refractivity contribution in [1.29, 1.82) is 0 Å². The summed E-state index contributed by atoms with van der Waals surface area (Å²) in [5.74, 6) is 2.12. The summed E-state index contributed by atoms with van der Waals surface area (Å²) >= 11 is 0. The van der Waals surface area contributed by atoms with E-state index >= 15 is 0 Å². The molecule has 1 N–H and O–H groups in total. The molecule has 0 amide bonds. The zero-order valence-corrected chi connectivity index (χ0v) is 13.3. The van der Waals surface area contributed by atoms with Gasteiger partial charge in [-0.05, 0) is 19.9 Å². The van der Waals surface area contributed by atoms with Crippen LogP contribution in [0.1, 0.15) is 30.1 Å². The lowest BCUT2D eigenvalue weighted by atomic mass is 10.3. The molecule has 122 valence electrons. The molecule has 1 aliphatic carbocycles. The average molecular weight is 315 g/mol. The van der Waals surface area contributed by atoms with Crippen molar-refractivity contribution in [3.05, 3.63) is 23.8 Å². The molecule has 0 bridgehead atoms. The molecule has 0 atom stereocenters. The van der Waals surface area contributed by atoms with E-state index in [-0.39, 0.29) is 0 Å². The number of nitrogens with zero attached hydrogens (tertiary/aromatic N) is 6. The number of hydrogen-bond donors (Lipinski definition) is 1. The van der Waals surface area contributed by atoms with Crippen molar-refractivity contribution in [2.45, 2.75) is 25.3 Å². The third-order valence-corrected chi connectivity index (χ3v) is 4.31. The summed E-state index contributed by atoms with van der Waals surface area (Å²) in [6, 6.07) is 0.468. The minimum absolute atomic E-state index is 0.468. The zero-order chi connectivity index (χ0) is 15.6. The summed E-state index contributed by atoms with van der Waals surface area (Å²) in [7, 11) is 2.14. The van der Waals surface area contributed by atoms with Crippen molar-refractivity contribution in [2.24, 2.45) is 0 Å². The van der Waals surface area contributed by atoms with Crippen LogP contribution in [-0.4, -0.2) is 58.2 Å². The summed E-state index contributed by atoms with van der Waals surface area (Å²) < 4.78 is 5.19. The van der Waals surface area contributed by atoms with Crippen LogP contribution in [0.25, 0.3) is 0 Å². The van der Waals surface area contributed by atoms with Gasteiger partial charge < -0.3 is 19.6 Å². The molecule has 2 aliphatic rings. The number of likely N-dealkylation sites (N-methyl/N-ethyl adjacent to an activating group) is 1. The largest absolute Gasteiger partial charge is 0.338 e. The number of rotatable bonds is 5. The van der Waals surface area contributed by atoms with Crippen LogP contribution in [0.3, 0.4) is 0 Å². The van der Waals surface area contributed by atoms with Gasteiger partial charge in [0.05, 0.1) is 0 Å². The minimum atomic E-state index is 0.468. The molecule has 2 fully saturated rings. The average Bonchev–Trinajstić information content (AvgIpc) is 3.33. The molecule has 1 saturated heterocycles. The SMILES string of the molecule is CN1CCN(c2ncc(CNc3nc(C4CC4)no3)cn2)CC1. The van der Waals surface area contributed by atoms with E-state index in [1.165, 1.54) is 12.8 Å². The van der Waals surface area contributed by atoms with Gasteiger partial charge >= 0.3 is 6.01 Å². The zero-order valence-electron chi connectivity index (χ0n) is 13.3. The van der Waals surface area contributed by atoms with Crippen LogP contribution in [0.2, 0.25) is 0 Å². The molecule has 0 unspecified atom stereocenters. The molecule has 0 spiro atoms. The van der Waals surface area contributed by atoms with E-state index in [2.05, 4.69) is 42.3 Å². The van der Waals surface area contributed by atoms with Gasteiger partial charge in [0.15, 0.2) is 5.82 Å². The summed E-state index contributed by atoms with van der Waals surface area (Å²) in [5.41, 5.74) is 0.994. The summed E-state index contributed by atoms with van der Waals surface area (Å²) in [5, 5.41) is 7.11. The van der Waals surface area contributed by atoms with Gasteiger partial charge in [0.25, 0.3) is 0 Å². The Morgan fingerprint density at radius 2 is 1.91 bits per heavy atom. The van der Waals surface area contributed by atoms with Gasteiger partial charge in [-0.2, -0.15) is 4.98 Å². The van der Waals surface area contributed by atoms with Gasteiger partial charge in [0, 0.05) is 56.6 Å². The molecule has 2 aromatic rings. The molecule has 2 aromatic heterocycles. The Kier molecular flexibility index (Phi) is 3.82. The first-order valence-electron chi connectivity index (χ1n) is 8.10. The second kappa shape index (κ2) is 6.11. The summed E-state index contributed by atoms with van der Waals surface area (Å²) in [6.45, 7) is 4.62. The van der Waals surface area contributed by atoms with Gasteiger partial charge in [-0.25, -0.2) is 9.97 Å². The molecule has 8 nitrogen and oxygen atoms in total. The van der Waals surface area contributed by atoms with Gasteiger partial charge in [-0.15, -0.1) is 0 Å². The van der Waals surface area contributed by atoms with E-state index in [0.717, 1.165) is 43.5 Å². The van der Waals surface area contributed by atoms with E-state index in [1.54, 1.807) is 0 Å². The molecule has 23 heavy (non-hydrogen) atoms. The first-order chi connectivity index (χ1) is 11.3. The minimum Gasteiger partial charge on any atom is -0.338 e. The first kappa shape index (κ1) is 14.4. The van der Waals surface area contributed by atoms with E-state index in [1.807, 2.05) is 12.4 Å². The molecule has 4 rings (SSSR count). The van der Waals surface area contributed by atoms with Crippen molar-refractivity contribution in [3.8, 4) is 0 Å². The van der Waals surface area contributed by atoms with Crippen LogP contribution in [0.15, 0.2) is 16.9 Å². The maximum absolute atomic E-state index is 5.19. The quantitative estimate of drug-likeness (QED) is 0.878. The molecule has 3 heterocycles. The lowest BCUT2D eigenvalue weighted by Gasteiger charge is -2.32. The Labute approximate surface area is 134 Å². The second-order valence-corrected chi connectivity index (χ2v) is 6.27. The highest BCUT2D eigenvalue weighted by Gasteiger charge is 2.28. The number of anilines is 2. The van der Waals surface area contributed by atoms with Gasteiger partial charge in [-0.3, -0.25) is 0 Å². The number of hydrogen-bond acceptors (Lipinski definition) is 8. The van der Waals surface area contributed by atoms with Gasteiger partial charge in [0.2, 0.25) is 5.95 Å². The van der Waals surface area contributed by atoms with Gasteiger partial charge in [-0.1, -0.05) is 5.16 Å². The van der Waals surface area contributed by atoms with Gasteiger partial charge in [0.1, 0.15) is 0 Å². The molecule has 1 aliphatic heterocycles. The number of aromatic nitrogens is 4. The Hall–Kier alpha value is -2.22. The summed E-state index contributed by atoms with van der Waals surface area (Å²) in [6.07, 6.45) is 6.04. The van der Waals surface area contributed by atoms with E-state index in [0.29, 0.717) is 18.5 Å². The normalized spacial score (nSPS) is 19.1. The van der Waals surface area contributed by atoms with Crippen molar-refractivity contribution in [3.63, 3.8) is 0 Å². The highest BCUT2D eigenvalue weighted by atomic mass is 16.5. The van der Waals surface area contributed by atoms with Crippen LogP contribution in [0.4, 0.5) is 12.0 Å². The molecular weight excluding hydrogens is 294 g/mol. The monoisotopic (exact) mass is 315 g/mol. The molecule has 0 aromatic carbocycles. The van der Waals surface area contributed by atoms with Crippen molar-refractivity contribution < 1.29 is 4.52 Å². The standard InChI is InChI=1S/C15H21N7O/c1-21-4-6-22(7-5-21)14-16-8-11(9-17-14)10-18-15-19-13(20-23-15)12-2-3-12/h8-9,12H,2-7,10H2,1H3,(H,18,19,20). The molecular formula is C15H21N7O. The van der Waals surface area contributed by atoms with E-state index < -0.39 is 0 Å². The lowest BCUT2D eigenvalue weighted by molar-refractivity contribution is 0.311. The van der Waals surface area contributed by atoms with Crippen molar-refractivity contribution in [2.75, 3.05) is 43.4 Å². The van der Waals surface area contributed by atoms with E-state index in [9.17, 15) is 0 Å². The molecule has 8 heteroatoms. The maximum Gasteiger partial charge on any atom is 0.321 e. The Morgan fingerprint density at radius 3 is 2.61 bits per heavy atom. The second-order valence-electron chi connectivity index (χ2n) is 6.27. The number of nitrogens with one attached hydrogen (secondary N) is 1. The Bertz CT molecular complexity index is 644. The first-order valence-corrected chi connectivity index (χ1v) is 8.10. The highest BCUT2D eigenvalue weighted by molar-refractivity contribution is 5.31. The predicted octanol–water partition coefficient (Wildman–Crippen LogP) is 1.10. The van der Waals surface area contributed by atoms with Crippen LogP contribution in [0, 0.1) is 0 Å². The van der Waals surface area contributed by atoms with E-state index in [4.69, 9.17) is 4.52 Å². The maximum atomic E-state index is 5.19. The fourth-order valence-corrected chi connectivity index (χ4v) is 2.60. The van der Waals surface area contributed by atoms with Crippen LogP contribution in [-0.2, 0) is 6.54 Å². The fourth-order valence-electron chi connectivity index (χ4n) is 2.60.